The van der Waals surface area contributed by atoms with Crippen molar-refractivity contribution < 1.29 is 14.3 Å². The molecule has 0 aromatic carbocycles. The number of nitrogens with two attached hydrogens (primary N) is 1. The van der Waals surface area contributed by atoms with Crippen LogP contribution in [-0.4, -0.2) is 49.9 Å². The summed E-state index contributed by atoms with van der Waals surface area (Å²) in [7, 11) is 2.99. The molecular weight excluding hydrogens is 278 g/mol. The number of thiocarbonyl (C=S) groups is 1. The lowest BCUT2D eigenvalue weighted by Crippen LogP contribution is -2.31. The van der Waals surface area contributed by atoms with Crippen LogP contribution in [0.25, 0.3) is 0 Å². The van der Waals surface area contributed by atoms with Crippen LogP contribution in [0.5, 0.6) is 0 Å². The number of esters is 1. The summed E-state index contributed by atoms with van der Waals surface area (Å²) in [6, 6.07) is 3.55. The van der Waals surface area contributed by atoms with E-state index in [-0.39, 0.29) is 12.4 Å². The molecule has 2 N–H and O–H groups in total. The Balaban J connectivity index is 2.83. The van der Waals surface area contributed by atoms with Gasteiger partial charge in [-0.15, -0.1) is 0 Å². The molecule has 20 heavy (non-hydrogen) atoms. The highest BCUT2D eigenvalue weighted by atomic mass is 32.1. The van der Waals surface area contributed by atoms with Crippen molar-refractivity contribution >= 4 is 29.0 Å². The van der Waals surface area contributed by atoms with Gasteiger partial charge in [-0.1, -0.05) is 12.2 Å². The highest BCUT2D eigenvalue weighted by molar-refractivity contribution is 7.80. The van der Waals surface area contributed by atoms with Gasteiger partial charge in [-0.3, -0.25) is 4.79 Å². The van der Waals surface area contributed by atoms with E-state index in [1.165, 1.54) is 7.11 Å². The SMILES string of the molecule is COCCN(CCC(=O)OC)c1cc(C(N)=S)ccn1. The standard InChI is InChI=1S/C13H19N3O3S/c1-18-8-7-16(6-4-12(17)19-2)11-9-10(13(14)20)3-5-15-11/h3,5,9H,4,6-8H2,1-2H3,(H2,14,20). The van der Waals surface area contributed by atoms with Crippen LogP contribution in [0.2, 0.25) is 0 Å². The first-order valence-corrected chi connectivity index (χ1v) is 6.56. The lowest BCUT2D eigenvalue weighted by atomic mass is 10.2. The summed E-state index contributed by atoms with van der Waals surface area (Å²) in [5.41, 5.74) is 6.35. The number of ether oxygens (including phenoxy) is 2. The number of rotatable bonds is 8. The summed E-state index contributed by atoms with van der Waals surface area (Å²) in [4.78, 5) is 17.8. The summed E-state index contributed by atoms with van der Waals surface area (Å²) >= 11 is 4.95. The molecule has 0 unspecified atom stereocenters. The zero-order chi connectivity index (χ0) is 15.0. The van der Waals surface area contributed by atoms with Gasteiger partial charge in [-0.25, -0.2) is 4.98 Å². The van der Waals surface area contributed by atoms with Crippen LogP contribution in [0.1, 0.15) is 12.0 Å². The van der Waals surface area contributed by atoms with E-state index in [0.717, 1.165) is 5.56 Å². The van der Waals surface area contributed by atoms with E-state index in [4.69, 9.17) is 22.7 Å². The summed E-state index contributed by atoms with van der Waals surface area (Å²) in [6.45, 7) is 1.63. The van der Waals surface area contributed by atoms with E-state index in [1.54, 1.807) is 25.4 Å². The Morgan fingerprint density at radius 2 is 2.20 bits per heavy atom. The molecule has 0 atom stereocenters. The van der Waals surface area contributed by atoms with Gasteiger partial charge >= 0.3 is 5.97 Å². The molecule has 1 heterocycles. The molecule has 0 aliphatic rings. The number of pyridine rings is 1. The topological polar surface area (TPSA) is 77.7 Å². The van der Waals surface area contributed by atoms with E-state index >= 15 is 0 Å². The maximum atomic E-state index is 11.3. The van der Waals surface area contributed by atoms with Crippen molar-refractivity contribution in [3.8, 4) is 0 Å². The molecule has 110 valence electrons. The Hall–Kier alpha value is -1.73. The first-order chi connectivity index (χ1) is 9.58. The largest absolute Gasteiger partial charge is 0.469 e. The second kappa shape index (κ2) is 8.44. The van der Waals surface area contributed by atoms with Gasteiger partial charge in [0.1, 0.15) is 10.8 Å². The van der Waals surface area contributed by atoms with E-state index in [0.29, 0.717) is 30.5 Å². The molecule has 0 spiro atoms. The minimum atomic E-state index is -0.266. The summed E-state index contributed by atoms with van der Waals surface area (Å²) < 4.78 is 9.71. The second-order valence-electron chi connectivity index (χ2n) is 4.07. The number of methoxy groups -OCH3 is 2. The summed E-state index contributed by atoms with van der Waals surface area (Å²) in [6.07, 6.45) is 1.92. The molecule has 1 aromatic heterocycles. The predicted octanol–water partition coefficient (Wildman–Crippen LogP) is 0.732. The minimum absolute atomic E-state index is 0.266. The van der Waals surface area contributed by atoms with Gasteiger partial charge in [0.15, 0.2) is 0 Å². The molecule has 1 rings (SSSR count). The van der Waals surface area contributed by atoms with Crippen LogP contribution in [-0.2, 0) is 14.3 Å². The number of aromatic nitrogens is 1. The Kier molecular flexibility index (Phi) is 6.89. The molecule has 0 radical (unpaired) electrons. The second-order valence-corrected chi connectivity index (χ2v) is 4.51. The fourth-order valence-corrected chi connectivity index (χ4v) is 1.74. The molecule has 0 amide bonds. The lowest BCUT2D eigenvalue weighted by molar-refractivity contribution is -0.140. The normalized spacial score (nSPS) is 10.1. The average Bonchev–Trinajstić information content (AvgIpc) is 2.47. The number of anilines is 1. The van der Waals surface area contributed by atoms with Crippen molar-refractivity contribution in [1.29, 1.82) is 0 Å². The van der Waals surface area contributed by atoms with Crippen LogP contribution in [0, 0.1) is 0 Å². The molecule has 0 saturated carbocycles. The van der Waals surface area contributed by atoms with Crippen LogP contribution >= 0.6 is 12.2 Å². The van der Waals surface area contributed by atoms with Crippen molar-refractivity contribution in [2.24, 2.45) is 5.73 Å². The quantitative estimate of drug-likeness (QED) is 0.560. The number of hydrogen-bond acceptors (Lipinski definition) is 6. The smallest absolute Gasteiger partial charge is 0.307 e. The van der Waals surface area contributed by atoms with E-state index < -0.39 is 0 Å². The number of hydrogen-bond donors (Lipinski definition) is 1. The van der Waals surface area contributed by atoms with Gasteiger partial charge in [-0.05, 0) is 12.1 Å². The van der Waals surface area contributed by atoms with Crippen LogP contribution in [0.3, 0.4) is 0 Å². The first kappa shape index (κ1) is 16.3. The van der Waals surface area contributed by atoms with E-state index in [1.807, 2.05) is 4.90 Å². The van der Waals surface area contributed by atoms with E-state index in [9.17, 15) is 4.79 Å². The Labute approximate surface area is 123 Å². The molecule has 0 aliphatic carbocycles. The van der Waals surface area contributed by atoms with Gasteiger partial charge in [0.2, 0.25) is 0 Å². The third-order valence-electron chi connectivity index (χ3n) is 2.73. The van der Waals surface area contributed by atoms with Crippen molar-refractivity contribution in [2.75, 3.05) is 38.8 Å². The number of carbonyl (C=O) groups is 1. The molecule has 6 nitrogen and oxygen atoms in total. The molecule has 7 heteroatoms. The average molecular weight is 297 g/mol. The Bertz CT molecular complexity index is 468. The van der Waals surface area contributed by atoms with Crippen molar-refractivity contribution in [2.45, 2.75) is 6.42 Å². The molecule has 0 bridgehead atoms. The van der Waals surface area contributed by atoms with Gasteiger partial charge in [0.25, 0.3) is 0 Å². The third-order valence-corrected chi connectivity index (χ3v) is 2.97. The molecule has 0 fully saturated rings. The minimum Gasteiger partial charge on any atom is -0.469 e. The molecular formula is C13H19N3O3S. The first-order valence-electron chi connectivity index (χ1n) is 6.15. The van der Waals surface area contributed by atoms with Crippen molar-refractivity contribution in [3.05, 3.63) is 23.9 Å². The van der Waals surface area contributed by atoms with Gasteiger partial charge < -0.3 is 20.1 Å². The fraction of sp³-hybridized carbons (Fsp3) is 0.462. The predicted molar refractivity (Wildman–Crippen MR) is 80.8 cm³/mol. The third kappa shape index (κ3) is 5.10. The summed E-state index contributed by atoms with van der Waals surface area (Å²) in [5, 5.41) is 0. The van der Waals surface area contributed by atoms with Crippen LogP contribution in [0.15, 0.2) is 18.3 Å². The maximum Gasteiger partial charge on any atom is 0.307 e. The monoisotopic (exact) mass is 297 g/mol. The Morgan fingerprint density at radius 1 is 1.45 bits per heavy atom. The van der Waals surface area contributed by atoms with Crippen LogP contribution < -0.4 is 10.6 Å². The van der Waals surface area contributed by atoms with E-state index in [2.05, 4.69) is 9.72 Å². The fourth-order valence-electron chi connectivity index (χ4n) is 1.62. The maximum absolute atomic E-state index is 11.3. The summed E-state index contributed by atoms with van der Waals surface area (Å²) in [5.74, 6) is 0.439. The van der Waals surface area contributed by atoms with Gasteiger partial charge in [0, 0.05) is 32.0 Å². The Morgan fingerprint density at radius 3 is 2.80 bits per heavy atom. The molecule has 0 saturated heterocycles. The van der Waals surface area contributed by atoms with Gasteiger partial charge in [-0.2, -0.15) is 0 Å². The van der Waals surface area contributed by atoms with Crippen LogP contribution in [0.4, 0.5) is 5.82 Å². The molecule has 0 aliphatic heterocycles. The van der Waals surface area contributed by atoms with Gasteiger partial charge in [0.05, 0.1) is 20.1 Å². The number of carbonyl (C=O) groups excluding carboxylic acids is 1. The highest BCUT2D eigenvalue weighted by Gasteiger charge is 2.11. The zero-order valence-electron chi connectivity index (χ0n) is 11.7. The highest BCUT2D eigenvalue weighted by Crippen LogP contribution is 2.13. The molecule has 1 aromatic rings. The van der Waals surface area contributed by atoms with Crippen molar-refractivity contribution in [3.63, 3.8) is 0 Å². The number of nitrogens with zero attached hydrogens (tertiary/aromatic N) is 2. The van der Waals surface area contributed by atoms with Crippen molar-refractivity contribution in [1.82, 2.24) is 4.98 Å². The lowest BCUT2D eigenvalue weighted by Gasteiger charge is -2.23. The zero-order valence-corrected chi connectivity index (χ0v) is 12.5.